The minimum Gasteiger partial charge on any atom is -0.492 e. The number of aromatic carboxylic acids is 1. The Morgan fingerprint density at radius 3 is 2.41 bits per heavy atom. The van der Waals surface area contributed by atoms with Crippen LogP contribution in [0.25, 0.3) is 10.8 Å². The molecular formula is C19H16O3. The SMILES string of the molecule is O=C(O)c1c(OCCc2ccccc2)ccc2ccccc12. The molecule has 0 spiro atoms. The first kappa shape index (κ1) is 14.1. The molecule has 0 heterocycles. The molecular weight excluding hydrogens is 276 g/mol. The molecule has 3 nitrogen and oxygen atoms in total. The van der Waals surface area contributed by atoms with E-state index in [0.29, 0.717) is 17.7 Å². The monoisotopic (exact) mass is 292 g/mol. The van der Waals surface area contributed by atoms with Gasteiger partial charge in [-0.15, -0.1) is 0 Å². The van der Waals surface area contributed by atoms with Crippen molar-refractivity contribution in [3.05, 3.63) is 77.9 Å². The normalized spacial score (nSPS) is 10.5. The lowest BCUT2D eigenvalue weighted by Crippen LogP contribution is -2.07. The van der Waals surface area contributed by atoms with E-state index in [9.17, 15) is 9.90 Å². The van der Waals surface area contributed by atoms with Crippen LogP contribution >= 0.6 is 0 Å². The van der Waals surface area contributed by atoms with Crippen LogP contribution in [0.1, 0.15) is 15.9 Å². The minimum absolute atomic E-state index is 0.228. The van der Waals surface area contributed by atoms with Crippen molar-refractivity contribution in [1.29, 1.82) is 0 Å². The zero-order valence-corrected chi connectivity index (χ0v) is 12.0. The van der Waals surface area contributed by atoms with Gasteiger partial charge in [0.05, 0.1) is 6.61 Å². The van der Waals surface area contributed by atoms with E-state index >= 15 is 0 Å². The second kappa shape index (κ2) is 6.31. The van der Waals surface area contributed by atoms with Crippen LogP contribution in [0.5, 0.6) is 5.75 Å². The van der Waals surface area contributed by atoms with Crippen molar-refractivity contribution in [3.8, 4) is 5.75 Å². The molecule has 1 N–H and O–H groups in total. The van der Waals surface area contributed by atoms with Crippen LogP contribution in [-0.2, 0) is 6.42 Å². The Balaban J connectivity index is 1.84. The summed E-state index contributed by atoms with van der Waals surface area (Å²) in [6.07, 6.45) is 0.743. The number of hydrogen-bond donors (Lipinski definition) is 1. The fraction of sp³-hybridized carbons (Fsp3) is 0.105. The van der Waals surface area contributed by atoms with E-state index < -0.39 is 5.97 Å². The summed E-state index contributed by atoms with van der Waals surface area (Å²) in [5, 5.41) is 11.1. The van der Waals surface area contributed by atoms with Gasteiger partial charge in [-0.25, -0.2) is 4.79 Å². The summed E-state index contributed by atoms with van der Waals surface area (Å²) in [6, 6.07) is 21.0. The lowest BCUT2D eigenvalue weighted by molar-refractivity contribution is 0.0694. The number of rotatable bonds is 5. The van der Waals surface area contributed by atoms with Gasteiger partial charge >= 0.3 is 5.97 Å². The number of carbonyl (C=O) groups is 1. The van der Waals surface area contributed by atoms with E-state index in [0.717, 1.165) is 11.8 Å². The smallest absolute Gasteiger partial charge is 0.340 e. The molecule has 3 rings (SSSR count). The van der Waals surface area contributed by atoms with Crippen LogP contribution in [0.2, 0.25) is 0 Å². The maximum absolute atomic E-state index is 11.6. The maximum Gasteiger partial charge on any atom is 0.340 e. The zero-order chi connectivity index (χ0) is 15.4. The second-order valence-electron chi connectivity index (χ2n) is 5.05. The van der Waals surface area contributed by atoms with Crippen molar-refractivity contribution in [2.45, 2.75) is 6.42 Å². The van der Waals surface area contributed by atoms with Gasteiger partial charge in [0.25, 0.3) is 0 Å². The summed E-state index contributed by atoms with van der Waals surface area (Å²) in [7, 11) is 0. The highest BCUT2D eigenvalue weighted by atomic mass is 16.5. The number of carboxylic acid groups (broad SMARTS) is 1. The standard InChI is InChI=1S/C19H16O3/c20-19(21)18-16-9-5-4-8-15(16)10-11-17(18)22-13-12-14-6-2-1-3-7-14/h1-11H,12-13H2,(H,20,21). The molecule has 0 aliphatic heterocycles. The third-order valence-corrected chi connectivity index (χ3v) is 3.60. The Kier molecular flexibility index (Phi) is 4.05. The van der Waals surface area contributed by atoms with Gasteiger partial charge in [0, 0.05) is 6.42 Å². The van der Waals surface area contributed by atoms with Gasteiger partial charge < -0.3 is 9.84 Å². The molecule has 0 aliphatic rings. The first-order chi connectivity index (χ1) is 10.8. The quantitative estimate of drug-likeness (QED) is 0.768. The van der Waals surface area contributed by atoms with E-state index in [4.69, 9.17) is 4.74 Å². The van der Waals surface area contributed by atoms with Crippen molar-refractivity contribution in [2.24, 2.45) is 0 Å². The van der Waals surface area contributed by atoms with Crippen molar-refractivity contribution < 1.29 is 14.6 Å². The molecule has 3 heteroatoms. The Labute approximate surface area is 128 Å². The predicted molar refractivity (Wildman–Crippen MR) is 86.5 cm³/mol. The van der Waals surface area contributed by atoms with E-state index in [1.165, 1.54) is 5.56 Å². The van der Waals surface area contributed by atoms with Gasteiger partial charge in [-0.3, -0.25) is 0 Å². The van der Waals surface area contributed by atoms with Gasteiger partial charge in [0.1, 0.15) is 11.3 Å². The number of hydrogen-bond acceptors (Lipinski definition) is 2. The second-order valence-corrected chi connectivity index (χ2v) is 5.05. The average Bonchev–Trinajstić information content (AvgIpc) is 2.55. The fourth-order valence-corrected chi connectivity index (χ4v) is 2.52. The highest BCUT2D eigenvalue weighted by Crippen LogP contribution is 2.28. The molecule has 0 atom stereocenters. The molecule has 0 aromatic heterocycles. The molecule has 110 valence electrons. The Morgan fingerprint density at radius 1 is 0.909 bits per heavy atom. The van der Waals surface area contributed by atoms with Crippen LogP contribution in [0.15, 0.2) is 66.7 Å². The number of fused-ring (bicyclic) bond motifs is 1. The number of ether oxygens (including phenoxy) is 1. The summed E-state index contributed by atoms with van der Waals surface area (Å²) in [5.41, 5.74) is 1.39. The third-order valence-electron chi connectivity index (χ3n) is 3.60. The van der Waals surface area contributed by atoms with Crippen LogP contribution in [-0.4, -0.2) is 17.7 Å². The molecule has 3 aromatic rings. The summed E-state index contributed by atoms with van der Waals surface area (Å²) in [6.45, 7) is 0.447. The van der Waals surface area contributed by atoms with Crippen LogP contribution < -0.4 is 4.74 Å². The Bertz CT molecular complexity index is 794. The average molecular weight is 292 g/mol. The van der Waals surface area contributed by atoms with Gasteiger partial charge in [-0.1, -0.05) is 60.7 Å². The van der Waals surface area contributed by atoms with Gasteiger partial charge in [0.2, 0.25) is 0 Å². The summed E-state index contributed by atoms with van der Waals surface area (Å²) in [4.78, 5) is 11.6. The lowest BCUT2D eigenvalue weighted by atomic mass is 10.0. The first-order valence-corrected chi connectivity index (χ1v) is 7.17. The van der Waals surface area contributed by atoms with E-state index in [2.05, 4.69) is 0 Å². The Hall–Kier alpha value is -2.81. The molecule has 0 aliphatic carbocycles. The largest absolute Gasteiger partial charge is 0.492 e. The van der Waals surface area contributed by atoms with Crippen LogP contribution in [0, 0.1) is 0 Å². The molecule has 0 unspecified atom stereocenters. The fourth-order valence-electron chi connectivity index (χ4n) is 2.52. The first-order valence-electron chi connectivity index (χ1n) is 7.17. The lowest BCUT2D eigenvalue weighted by Gasteiger charge is -2.11. The van der Waals surface area contributed by atoms with Crippen molar-refractivity contribution in [2.75, 3.05) is 6.61 Å². The maximum atomic E-state index is 11.6. The highest BCUT2D eigenvalue weighted by molar-refractivity contribution is 6.06. The van der Waals surface area contributed by atoms with E-state index in [1.807, 2.05) is 60.7 Å². The summed E-state index contributed by atoms with van der Waals surface area (Å²) in [5.74, 6) is -0.548. The topological polar surface area (TPSA) is 46.5 Å². The highest BCUT2D eigenvalue weighted by Gasteiger charge is 2.15. The number of carboxylic acids is 1. The molecule has 0 radical (unpaired) electrons. The molecule has 0 fully saturated rings. The van der Waals surface area contributed by atoms with Gasteiger partial charge in [-0.2, -0.15) is 0 Å². The van der Waals surface area contributed by atoms with Crippen molar-refractivity contribution in [1.82, 2.24) is 0 Å². The Morgan fingerprint density at radius 2 is 1.64 bits per heavy atom. The molecule has 22 heavy (non-hydrogen) atoms. The van der Waals surface area contributed by atoms with Crippen molar-refractivity contribution in [3.63, 3.8) is 0 Å². The van der Waals surface area contributed by atoms with Crippen molar-refractivity contribution >= 4 is 16.7 Å². The zero-order valence-electron chi connectivity index (χ0n) is 12.0. The molecule has 3 aromatic carbocycles. The summed E-state index contributed by atoms with van der Waals surface area (Å²) < 4.78 is 5.73. The number of benzene rings is 3. The van der Waals surface area contributed by atoms with Gasteiger partial charge in [0.15, 0.2) is 0 Å². The molecule has 0 saturated heterocycles. The van der Waals surface area contributed by atoms with E-state index in [-0.39, 0.29) is 5.56 Å². The molecule has 0 amide bonds. The third kappa shape index (κ3) is 2.93. The molecule has 0 saturated carbocycles. The predicted octanol–water partition coefficient (Wildman–Crippen LogP) is 4.16. The van der Waals surface area contributed by atoms with Crippen LogP contribution in [0.4, 0.5) is 0 Å². The minimum atomic E-state index is -0.966. The van der Waals surface area contributed by atoms with Gasteiger partial charge in [-0.05, 0) is 22.4 Å². The summed E-state index contributed by atoms with van der Waals surface area (Å²) >= 11 is 0. The van der Waals surface area contributed by atoms with E-state index in [1.54, 1.807) is 6.07 Å². The molecule has 0 bridgehead atoms. The van der Waals surface area contributed by atoms with Crippen LogP contribution in [0.3, 0.4) is 0 Å².